The number of nitrogens with two attached hydrogens (primary N) is 1. The molecule has 2 heterocycles. The normalized spacial score (nSPS) is 13.3. The lowest BCUT2D eigenvalue weighted by atomic mass is 10.0. The number of hydrogen-bond donors (Lipinski definition) is 10. The van der Waals surface area contributed by atoms with Gasteiger partial charge in [0.2, 0.25) is 0 Å². The van der Waals surface area contributed by atoms with Crippen LogP contribution >= 0.6 is 0 Å². The molecular weight excluding hydrogens is 680 g/mol. The molecule has 0 spiro atoms. The highest BCUT2D eigenvalue weighted by atomic mass is 16.4. The number of aliphatic carboxylic acids is 2. The smallest absolute Gasteiger partial charge is 0.326 e. The first-order valence-electron chi connectivity index (χ1n) is 16.4. The fourth-order valence-electron chi connectivity index (χ4n) is 5.12. The van der Waals surface area contributed by atoms with Crippen LogP contribution in [0.3, 0.4) is 0 Å². The second-order valence-electron chi connectivity index (χ2n) is 12.4. The highest BCUT2D eigenvalue weighted by Gasteiger charge is 2.29. The maximum absolute atomic E-state index is 13.5. The van der Waals surface area contributed by atoms with Gasteiger partial charge in [-0.3, -0.25) is 28.8 Å². The maximum Gasteiger partial charge on any atom is 0.326 e. The van der Waals surface area contributed by atoms with Crippen molar-refractivity contribution in [2.75, 3.05) is 19.6 Å². The Morgan fingerprint density at radius 3 is 1.85 bits per heavy atom. The molecule has 3 aromatic rings. The molecule has 0 radical (unpaired) electrons. The second-order valence-corrected chi connectivity index (χ2v) is 12.4. The third kappa shape index (κ3) is 12.1. The predicted molar refractivity (Wildman–Crippen MR) is 184 cm³/mol. The lowest BCUT2D eigenvalue weighted by molar-refractivity contribution is -0.145. The Morgan fingerprint density at radius 1 is 0.769 bits per heavy atom. The van der Waals surface area contributed by atoms with Crippen LogP contribution in [0.15, 0.2) is 43.0 Å². The first-order valence-corrected chi connectivity index (χ1v) is 16.4. The molecule has 19 heteroatoms. The van der Waals surface area contributed by atoms with Crippen LogP contribution in [0.5, 0.6) is 0 Å². The summed E-state index contributed by atoms with van der Waals surface area (Å²) in [5, 5.41) is 31.2. The summed E-state index contributed by atoms with van der Waals surface area (Å²) in [5.41, 5.74) is 5.56. The van der Waals surface area contributed by atoms with Crippen LogP contribution in [0.2, 0.25) is 0 Å². The first-order chi connectivity index (χ1) is 24.7. The molecule has 19 nitrogen and oxygen atoms in total. The van der Waals surface area contributed by atoms with E-state index in [4.69, 9.17) is 10.8 Å². The summed E-state index contributed by atoms with van der Waals surface area (Å²) < 4.78 is 0. The lowest BCUT2D eigenvalue weighted by Gasteiger charge is -2.20. The summed E-state index contributed by atoms with van der Waals surface area (Å²) in [7, 11) is 0. The third-order valence-electron chi connectivity index (χ3n) is 7.62. The van der Waals surface area contributed by atoms with Gasteiger partial charge in [0.15, 0.2) is 17.2 Å². The SMILES string of the molecule is CC(C)C[C@@H](CN)NC(=O)c1nc[nH]c1C(=O)N[C@@H](Cc1ccccc1)C(=O)CNC[C@H](C)NC(=O)c1nc[nH]c1C(=O)N[C@@H](CC(=O)O)C(=O)O. The van der Waals surface area contributed by atoms with E-state index in [0.717, 1.165) is 11.9 Å². The minimum absolute atomic E-state index is 0.0681. The maximum atomic E-state index is 13.5. The van der Waals surface area contributed by atoms with Crippen molar-refractivity contribution in [1.29, 1.82) is 0 Å². The molecule has 280 valence electrons. The molecule has 0 fully saturated rings. The van der Waals surface area contributed by atoms with E-state index in [1.807, 2.05) is 25.2 Å². The number of rotatable bonds is 21. The van der Waals surface area contributed by atoms with E-state index in [1.54, 1.807) is 31.2 Å². The standard InChI is InChI=1S/C33H44N10O9/c1-17(2)9-20(12-34)41-30(48)26-28(39-16-37-26)31(49)42-21(10-19-7-5-4-6-8-19)23(44)14-35-13-18(3)40-29(47)25-27(38-15-36-25)32(50)43-22(33(51)52)11-24(45)46/h4-8,15-18,20-22,35H,9-14,34H2,1-3H3,(H,36,38)(H,37,39)(H,40,47)(H,41,48)(H,42,49)(H,43,50)(H,45,46)(H,51,52)/t18-,20-,21-,22-/m0/s1. The Kier molecular flexibility index (Phi) is 15.1. The van der Waals surface area contributed by atoms with Gasteiger partial charge in [-0.1, -0.05) is 44.2 Å². The number of imidazole rings is 2. The molecule has 4 amide bonds. The molecule has 4 atom stereocenters. The number of carbonyl (C=O) groups excluding carboxylic acids is 5. The number of amides is 4. The number of carbonyl (C=O) groups is 7. The largest absolute Gasteiger partial charge is 0.481 e. The molecule has 52 heavy (non-hydrogen) atoms. The minimum atomic E-state index is -1.75. The number of hydrogen-bond acceptors (Lipinski definition) is 11. The summed E-state index contributed by atoms with van der Waals surface area (Å²) in [4.78, 5) is 101. The van der Waals surface area contributed by atoms with Crippen LogP contribution in [0.4, 0.5) is 0 Å². The zero-order valence-corrected chi connectivity index (χ0v) is 28.9. The topological polar surface area (TPSA) is 303 Å². The molecular formula is C33H44N10O9. The van der Waals surface area contributed by atoms with Gasteiger partial charge >= 0.3 is 11.9 Å². The minimum Gasteiger partial charge on any atom is -0.481 e. The average Bonchev–Trinajstić information content (AvgIpc) is 3.78. The number of H-pyrrole nitrogens is 2. The van der Waals surface area contributed by atoms with Gasteiger partial charge in [-0.25, -0.2) is 14.8 Å². The zero-order chi connectivity index (χ0) is 38.4. The molecule has 0 bridgehead atoms. The van der Waals surface area contributed by atoms with Gasteiger partial charge in [0.25, 0.3) is 23.6 Å². The Labute approximate surface area is 298 Å². The molecule has 0 saturated carbocycles. The number of carboxylic acids is 2. The molecule has 3 rings (SSSR count). The number of nitrogens with zero attached hydrogens (tertiary/aromatic N) is 2. The fraction of sp³-hybridized carbons (Fsp3) is 0.424. The van der Waals surface area contributed by atoms with Crippen molar-refractivity contribution < 1.29 is 43.8 Å². The molecule has 2 aromatic heterocycles. The van der Waals surface area contributed by atoms with E-state index in [2.05, 4.69) is 41.2 Å². The highest BCUT2D eigenvalue weighted by Crippen LogP contribution is 2.10. The second kappa shape index (κ2) is 19.4. The van der Waals surface area contributed by atoms with Crippen molar-refractivity contribution in [2.24, 2.45) is 11.7 Å². The number of benzene rings is 1. The number of aromatic nitrogens is 4. The molecule has 0 unspecified atom stereocenters. The Morgan fingerprint density at radius 2 is 1.33 bits per heavy atom. The molecule has 1 aromatic carbocycles. The Balaban J connectivity index is 1.62. The number of carboxylic acid groups (broad SMARTS) is 2. The van der Waals surface area contributed by atoms with Crippen LogP contribution in [-0.4, -0.2) is 115 Å². The molecule has 0 aliphatic heterocycles. The fourth-order valence-corrected chi connectivity index (χ4v) is 5.12. The van der Waals surface area contributed by atoms with Crippen molar-refractivity contribution in [3.05, 3.63) is 71.3 Å². The van der Waals surface area contributed by atoms with E-state index < -0.39 is 65.9 Å². The van der Waals surface area contributed by atoms with E-state index >= 15 is 0 Å². The highest BCUT2D eigenvalue weighted by molar-refractivity contribution is 6.07. The van der Waals surface area contributed by atoms with Crippen LogP contribution in [0.25, 0.3) is 0 Å². The van der Waals surface area contributed by atoms with Crippen LogP contribution < -0.4 is 32.3 Å². The van der Waals surface area contributed by atoms with E-state index in [0.29, 0.717) is 6.42 Å². The van der Waals surface area contributed by atoms with Gasteiger partial charge in [-0.2, -0.15) is 0 Å². The average molecular weight is 725 g/mol. The van der Waals surface area contributed by atoms with Crippen molar-refractivity contribution >= 4 is 41.4 Å². The summed E-state index contributed by atoms with van der Waals surface area (Å²) in [6.07, 6.45) is 2.13. The number of nitrogens with one attached hydrogen (secondary N) is 7. The van der Waals surface area contributed by atoms with E-state index in [-0.39, 0.29) is 60.8 Å². The third-order valence-corrected chi connectivity index (χ3v) is 7.62. The monoisotopic (exact) mass is 724 g/mol. The molecule has 0 aliphatic rings. The van der Waals surface area contributed by atoms with Gasteiger partial charge < -0.3 is 52.5 Å². The van der Waals surface area contributed by atoms with Crippen molar-refractivity contribution in [1.82, 2.24) is 46.5 Å². The predicted octanol–water partition coefficient (Wildman–Crippen LogP) is -0.788. The number of ketones is 1. The van der Waals surface area contributed by atoms with Gasteiger partial charge in [0.05, 0.1) is 31.7 Å². The van der Waals surface area contributed by atoms with Crippen molar-refractivity contribution in [2.45, 2.75) is 64.2 Å². The molecule has 0 saturated heterocycles. The summed E-state index contributed by atoms with van der Waals surface area (Å²) >= 11 is 0. The first kappa shape index (κ1) is 40.5. The zero-order valence-electron chi connectivity index (χ0n) is 28.9. The van der Waals surface area contributed by atoms with Crippen LogP contribution in [0.1, 0.15) is 81.1 Å². The summed E-state index contributed by atoms with van der Waals surface area (Å²) in [6, 6.07) is 5.27. The molecule has 0 aliphatic carbocycles. The number of Topliss-reactive ketones (excluding diaryl/α,β-unsaturated/α-hetero) is 1. The van der Waals surface area contributed by atoms with Gasteiger partial charge in [-0.05, 0) is 31.2 Å². The lowest BCUT2D eigenvalue weighted by Crippen LogP contribution is -2.48. The molecule has 11 N–H and O–H groups in total. The quantitative estimate of drug-likeness (QED) is 0.0645. The van der Waals surface area contributed by atoms with Gasteiger partial charge in [0.1, 0.15) is 17.4 Å². The van der Waals surface area contributed by atoms with E-state index in [1.165, 1.54) is 6.33 Å². The summed E-state index contributed by atoms with van der Waals surface area (Å²) in [5.74, 6) is -6.31. The Bertz CT molecular complexity index is 1720. The van der Waals surface area contributed by atoms with Gasteiger partial charge in [0, 0.05) is 25.2 Å². The van der Waals surface area contributed by atoms with Crippen molar-refractivity contribution in [3.8, 4) is 0 Å². The summed E-state index contributed by atoms with van der Waals surface area (Å²) in [6.45, 7) is 5.64. The van der Waals surface area contributed by atoms with Crippen molar-refractivity contribution in [3.63, 3.8) is 0 Å². The van der Waals surface area contributed by atoms with E-state index in [9.17, 15) is 38.7 Å². The Hall–Kier alpha value is -5.95. The number of aromatic amines is 2. The van der Waals surface area contributed by atoms with Gasteiger partial charge in [-0.15, -0.1) is 0 Å². The van der Waals surface area contributed by atoms with Crippen LogP contribution in [0, 0.1) is 5.92 Å². The van der Waals surface area contributed by atoms with Crippen LogP contribution in [-0.2, 0) is 20.8 Å².